The Bertz CT molecular complexity index is 697. The first-order valence-corrected chi connectivity index (χ1v) is 8.25. The molecule has 0 radical (unpaired) electrons. The summed E-state index contributed by atoms with van der Waals surface area (Å²) in [6.07, 6.45) is -0.555. The van der Waals surface area contributed by atoms with Crippen LogP contribution in [0.1, 0.15) is 23.6 Å². The lowest BCUT2D eigenvalue weighted by atomic mass is 10.1. The van der Waals surface area contributed by atoms with Crippen molar-refractivity contribution < 1.29 is 9.53 Å². The van der Waals surface area contributed by atoms with Crippen molar-refractivity contribution in [3.05, 3.63) is 56.7 Å². The highest BCUT2D eigenvalue weighted by Crippen LogP contribution is 2.20. The van der Waals surface area contributed by atoms with Gasteiger partial charge in [0.05, 0.1) is 0 Å². The van der Waals surface area contributed by atoms with E-state index in [4.69, 9.17) is 4.74 Å². The maximum atomic E-state index is 12.3. The smallest absolute Gasteiger partial charge is 0.265 e. The van der Waals surface area contributed by atoms with Gasteiger partial charge >= 0.3 is 0 Å². The van der Waals surface area contributed by atoms with E-state index in [0.717, 1.165) is 20.4 Å². The van der Waals surface area contributed by atoms with Gasteiger partial charge in [-0.05, 0) is 97.3 Å². The van der Waals surface area contributed by atoms with Crippen molar-refractivity contribution in [1.29, 1.82) is 0 Å². The van der Waals surface area contributed by atoms with Crippen molar-refractivity contribution in [3.8, 4) is 5.75 Å². The third-order valence-electron chi connectivity index (χ3n) is 3.61. The molecule has 1 atom stereocenters. The molecule has 0 aromatic heterocycles. The molecule has 0 aliphatic rings. The Hall–Kier alpha value is -1.56. The maximum absolute atomic E-state index is 12.3. The fraction of sp³-hybridized carbons (Fsp3) is 0.278. The topological polar surface area (TPSA) is 38.3 Å². The molecule has 0 unspecified atom stereocenters. The summed E-state index contributed by atoms with van der Waals surface area (Å²) in [6, 6.07) is 11.8. The molecule has 0 spiro atoms. The highest BCUT2D eigenvalue weighted by Gasteiger charge is 2.16. The Morgan fingerprint density at radius 1 is 1.05 bits per heavy atom. The zero-order valence-electron chi connectivity index (χ0n) is 13.2. The zero-order chi connectivity index (χ0) is 16.3. The second kappa shape index (κ2) is 7.13. The van der Waals surface area contributed by atoms with Gasteiger partial charge in [0.25, 0.3) is 5.91 Å². The largest absolute Gasteiger partial charge is 0.481 e. The fourth-order valence-electron chi connectivity index (χ4n) is 2.05. The van der Waals surface area contributed by atoms with Crippen LogP contribution in [0.4, 0.5) is 5.69 Å². The molecule has 1 N–H and O–H groups in total. The van der Waals surface area contributed by atoms with Gasteiger partial charge in [0.15, 0.2) is 6.10 Å². The van der Waals surface area contributed by atoms with Crippen LogP contribution in [0.2, 0.25) is 0 Å². The van der Waals surface area contributed by atoms with Crippen LogP contribution in [-0.2, 0) is 4.79 Å². The third kappa shape index (κ3) is 4.22. The van der Waals surface area contributed by atoms with Gasteiger partial charge in [0.2, 0.25) is 0 Å². The first-order valence-electron chi connectivity index (χ1n) is 7.18. The second-order valence-corrected chi connectivity index (χ2v) is 6.70. The molecule has 116 valence electrons. The van der Waals surface area contributed by atoms with Crippen molar-refractivity contribution >= 4 is 34.2 Å². The van der Waals surface area contributed by atoms with Crippen LogP contribution in [0.15, 0.2) is 36.4 Å². The predicted molar refractivity (Wildman–Crippen MR) is 98.5 cm³/mol. The van der Waals surface area contributed by atoms with Crippen LogP contribution in [-0.4, -0.2) is 12.0 Å². The van der Waals surface area contributed by atoms with E-state index in [1.807, 2.05) is 50.2 Å². The molecule has 2 rings (SSSR count). The average molecular weight is 409 g/mol. The Morgan fingerprint density at radius 3 is 2.41 bits per heavy atom. The van der Waals surface area contributed by atoms with Gasteiger partial charge in [-0.15, -0.1) is 0 Å². The van der Waals surface area contributed by atoms with Gasteiger partial charge in [-0.1, -0.05) is 6.07 Å². The Kier molecular flexibility index (Phi) is 5.45. The molecule has 0 bridgehead atoms. The summed E-state index contributed by atoms with van der Waals surface area (Å²) in [5, 5.41) is 2.92. The monoisotopic (exact) mass is 409 g/mol. The molecule has 0 saturated heterocycles. The summed E-state index contributed by atoms with van der Waals surface area (Å²) in [5.41, 5.74) is 4.22. The summed E-state index contributed by atoms with van der Waals surface area (Å²) >= 11 is 2.25. The van der Waals surface area contributed by atoms with Crippen LogP contribution in [0.25, 0.3) is 0 Å². The standard InChI is InChI=1S/C18H20INO2/c1-11-5-7-16(10-12(11)2)22-14(4)18(21)20-17-8-6-15(19)9-13(17)3/h5-10,14H,1-4H3,(H,20,21)/t14-/m0/s1. The quantitative estimate of drug-likeness (QED) is 0.749. The predicted octanol–water partition coefficient (Wildman–Crippen LogP) is 4.62. The van der Waals surface area contributed by atoms with Crippen molar-refractivity contribution in [2.24, 2.45) is 0 Å². The normalized spacial score (nSPS) is 11.9. The lowest BCUT2D eigenvalue weighted by Crippen LogP contribution is -2.30. The number of carbonyl (C=O) groups is 1. The summed E-state index contributed by atoms with van der Waals surface area (Å²) in [7, 11) is 0. The summed E-state index contributed by atoms with van der Waals surface area (Å²) in [6.45, 7) is 7.82. The van der Waals surface area contributed by atoms with Gasteiger partial charge in [0.1, 0.15) is 5.75 Å². The molecule has 0 saturated carbocycles. The highest BCUT2D eigenvalue weighted by atomic mass is 127. The second-order valence-electron chi connectivity index (χ2n) is 5.45. The van der Waals surface area contributed by atoms with E-state index in [9.17, 15) is 4.79 Å². The van der Waals surface area contributed by atoms with Crippen LogP contribution in [0.3, 0.4) is 0 Å². The number of hydrogen-bond donors (Lipinski definition) is 1. The molecule has 2 aromatic carbocycles. The third-order valence-corrected chi connectivity index (χ3v) is 4.28. The number of carbonyl (C=O) groups excluding carboxylic acids is 1. The van der Waals surface area contributed by atoms with Crippen LogP contribution in [0.5, 0.6) is 5.75 Å². The molecular formula is C18H20INO2. The van der Waals surface area contributed by atoms with E-state index < -0.39 is 6.10 Å². The minimum absolute atomic E-state index is 0.150. The Balaban J connectivity index is 2.04. The zero-order valence-corrected chi connectivity index (χ0v) is 15.4. The van der Waals surface area contributed by atoms with E-state index in [0.29, 0.717) is 5.75 Å². The van der Waals surface area contributed by atoms with E-state index in [1.165, 1.54) is 5.56 Å². The van der Waals surface area contributed by atoms with Gasteiger partial charge < -0.3 is 10.1 Å². The van der Waals surface area contributed by atoms with Crippen molar-refractivity contribution in [3.63, 3.8) is 0 Å². The lowest BCUT2D eigenvalue weighted by Gasteiger charge is -2.16. The van der Waals surface area contributed by atoms with Gasteiger partial charge in [-0.25, -0.2) is 0 Å². The molecule has 4 heteroatoms. The van der Waals surface area contributed by atoms with Crippen LogP contribution in [0, 0.1) is 24.3 Å². The fourth-order valence-corrected chi connectivity index (χ4v) is 2.69. The molecule has 22 heavy (non-hydrogen) atoms. The number of halogens is 1. The average Bonchev–Trinajstić information content (AvgIpc) is 2.45. The molecule has 3 nitrogen and oxygen atoms in total. The number of anilines is 1. The number of rotatable bonds is 4. The minimum atomic E-state index is -0.555. The molecular weight excluding hydrogens is 389 g/mol. The molecule has 0 aliphatic heterocycles. The van der Waals surface area contributed by atoms with Crippen LogP contribution < -0.4 is 10.1 Å². The van der Waals surface area contributed by atoms with Crippen molar-refractivity contribution in [1.82, 2.24) is 0 Å². The van der Waals surface area contributed by atoms with E-state index in [2.05, 4.69) is 34.8 Å². The molecule has 0 heterocycles. The van der Waals surface area contributed by atoms with Gasteiger partial charge in [-0.2, -0.15) is 0 Å². The van der Waals surface area contributed by atoms with Crippen molar-refractivity contribution in [2.75, 3.05) is 5.32 Å². The molecule has 0 fully saturated rings. The Morgan fingerprint density at radius 2 is 1.77 bits per heavy atom. The first kappa shape index (κ1) is 16.8. The number of aryl methyl sites for hydroxylation is 3. The maximum Gasteiger partial charge on any atom is 0.265 e. The highest BCUT2D eigenvalue weighted by molar-refractivity contribution is 14.1. The lowest BCUT2D eigenvalue weighted by molar-refractivity contribution is -0.122. The van der Waals surface area contributed by atoms with E-state index in [1.54, 1.807) is 6.92 Å². The molecule has 1 amide bonds. The van der Waals surface area contributed by atoms with Gasteiger partial charge in [0, 0.05) is 9.26 Å². The summed E-state index contributed by atoms with van der Waals surface area (Å²) in [5.74, 6) is 0.563. The number of hydrogen-bond acceptors (Lipinski definition) is 2. The van der Waals surface area contributed by atoms with E-state index >= 15 is 0 Å². The first-order chi connectivity index (χ1) is 10.4. The summed E-state index contributed by atoms with van der Waals surface area (Å²) in [4.78, 5) is 12.3. The molecule has 2 aromatic rings. The number of ether oxygens (including phenoxy) is 1. The van der Waals surface area contributed by atoms with Crippen molar-refractivity contribution in [2.45, 2.75) is 33.8 Å². The van der Waals surface area contributed by atoms with E-state index in [-0.39, 0.29) is 5.91 Å². The summed E-state index contributed by atoms with van der Waals surface area (Å²) < 4.78 is 6.88. The Labute approximate surface area is 145 Å². The minimum Gasteiger partial charge on any atom is -0.481 e. The van der Waals surface area contributed by atoms with Gasteiger partial charge in [-0.3, -0.25) is 4.79 Å². The molecule has 0 aliphatic carbocycles. The van der Waals surface area contributed by atoms with Crippen LogP contribution >= 0.6 is 22.6 Å². The number of nitrogens with one attached hydrogen (secondary N) is 1. The SMILES string of the molecule is Cc1ccc(O[C@@H](C)C(=O)Nc2ccc(I)cc2C)cc1C. The number of amides is 1. The number of benzene rings is 2.